The molecule has 1 unspecified atom stereocenters. The van der Waals surface area contributed by atoms with Crippen LogP contribution in [-0.2, 0) is 16.0 Å². The van der Waals surface area contributed by atoms with Crippen molar-refractivity contribution in [3.8, 4) is 0 Å². The van der Waals surface area contributed by atoms with Gasteiger partial charge >= 0.3 is 5.97 Å². The first kappa shape index (κ1) is 11.1. The van der Waals surface area contributed by atoms with E-state index in [0.29, 0.717) is 0 Å². The van der Waals surface area contributed by atoms with Gasteiger partial charge in [0.25, 0.3) is 0 Å². The minimum Gasteiger partial charge on any atom is -0.469 e. The molecular formula is C12H14FNO2. The second kappa shape index (κ2) is 4.61. The van der Waals surface area contributed by atoms with Crippen LogP contribution in [0, 0.1) is 5.82 Å². The molecule has 86 valence electrons. The summed E-state index contributed by atoms with van der Waals surface area (Å²) in [5.74, 6) is -0.479. The molecule has 1 aromatic rings. The highest BCUT2D eigenvalue weighted by molar-refractivity contribution is 5.70. The van der Waals surface area contributed by atoms with E-state index in [2.05, 4.69) is 10.1 Å². The standard InChI is InChI=1S/C12H14FNO2/c1-16-12(15)7-11-10-3-2-9(13)6-8(10)4-5-14-11/h2-3,6,11,14H,4-5,7H2,1H3. The highest BCUT2D eigenvalue weighted by atomic mass is 19.1. The summed E-state index contributed by atoms with van der Waals surface area (Å²) in [5.41, 5.74) is 1.98. The van der Waals surface area contributed by atoms with Crippen LogP contribution in [0.1, 0.15) is 23.6 Å². The first-order chi connectivity index (χ1) is 7.70. The largest absolute Gasteiger partial charge is 0.469 e. The fourth-order valence-electron chi connectivity index (χ4n) is 2.05. The molecular weight excluding hydrogens is 209 g/mol. The molecule has 0 amide bonds. The van der Waals surface area contributed by atoms with Crippen molar-refractivity contribution in [3.63, 3.8) is 0 Å². The lowest BCUT2D eigenvalue weighted by Crippen LogP contribution is -2.31. The van der Waals surface area contributed by atoms with Crippen LogP contribution in [0.5, 0.6) is 0 Å². The molecule has 1 aromatic carbocycles. The Kier molecular flexibility index (Phi) is 3.19. The molecule has 0 spiro atoms. The number of carbonyl (C=O) groups excluding carboxylic acids is 1. The van der Waals surface area contributed by atoms with Crippen molar-refractivity contribution < 1.29 is 13.9 Å². The van der Waals surface area contributed by atoms with E-state index in [0.717, 1.165) is 24.1 Å². The number of hydrogen-bond acceptors (Lipinski definition) is 3. The van der Waals surface area contributed by atoms with Gasteiger partial charge in [0.1, 0.15) is 5.82 Å². The van der Waals surface area contributed by atoms with Gasteiger partial charge in [-0.2, -0.15) is 0 Å². The van der Waals surface area contributed by atoms with Crippen LogP contribution < -0.4 is 5.32 Å². The highest BCUT2D eigenvalue weighted by Crippen LogP contribution is 2.26. The predicted molar refractivity (Wildman–Crippen MR) is 57.5 cm³/mol. The summed E-state index contributed by atoms with van der Waals surface area (Å²) >= 11 is 0. The van der Waals surface area contributed by atoms with E-state index < -0.39 is 0 Å². The molecule has 1 aliphatic heterocycles. The molecule has 0 aliphatic carbocycles. The van der Waals surface area contributed by atoms with Gasteiger partial charge in [-0.25, -0.2) is 4.39 Å². The average molecular weight is 223 g/mol. The normalized spacial score (nSPS) is 19.0. The van der Waals surface area contributed by atoms with E-state index >= 15 is 0 Å². The smallest absolute Gasteiger partial charge is 0.307 e. The number of halogens is 1. The first-order valence-electron chi connectivity index (χ1n) is 5.29. The topological polar surface area (TPSA) is 38.3 Å². The van der Waals surface area contributed by atoms with Gasteiger partial charge in [-0.05, 0) is 36.2 Å². The quantitative estimate of drug-likeness (QED) is 0.773. The van der Waals surface area contributed by atoms with Crippen molar-refractivity contribution in [2.24, 2.45) is 0 Å². The monoisotopic (exact) mass is 223 g/mol. The second-order valence-electron chi connectivity index (χ2n) is 3.88. The Morgan fingerprint density at radius 1 is 1.62 bits per heavy atom. The first-order valence-corrected chi connectivity index (χ1v) is 5.29. The molecule has 3 nitrogen and oxygen atoms in total. The molecule has 0 radical (unpaired) electrons. The fourth-order valence-corrected chi connectivity index (χ4v) is 2.05. The highest BCUT2D eigenvalue weighted by Gasteiger charge is 2.22. The molecule has 0 bridgehead atoms. The van der Waals surface area contributed by atoms with Crippen LogP contribution in [0.4, 0.5) is 4.39 Å². The minimum atomic E-state index is -0.255. The maximum Gasteiger partial charge on any atom is 0.307 e. The molecule has 0 saturated carbocycles. The summed E-state index contributed by atoms with van der Waals surface area (Å²) in [7, 11) is 1.37. The lowest BCUT2D eigenvalue weighted by molar-refractivity contribution is -0.141. The molecule has 0 saturated heterocycles. The Hall–Kier alpha value is -1.42. The summed E-state index contributed by atoms with van der Waals surface area (Å²) in [6, 6.07) is 4.65. The third-order valence-corrected chi connectivity index (χ3v) is 2.86. The third-order valence-electron chi connectivity index (χ3n) is 2.86. The minimum absolute atomic E-state index is 0.0585. The summed E-state index contributed by atoms with van der Waals surface area (Å²) < 4.78 is 17.7. The lowest BCUT2D eigenvalue weighted by atomic mass is 9.92. The molecule has 1 N–H and O–H groups in total. The maximum atomic E-state index is 13.0. The van der Waals surface area contributed by atoms with E-state index in [4.69, 9.17) is 0 Å². The zero-order valence-electron chi connectivity index (χ0n) is 9.13. The molecule has 1 aliphatic rings. The van der Waals surface area contributed by atoms with E-state index in [1.165, 1.54) is 13.2 Å². The molecule has 0 fully saturated rings. The van der Waals surface area contributed by atoms with Gasteiger partial charge in [0.05, 0.1) is 13.5 Å². The molecule has 16 heavy (non-hydrogen) atoms. The molecule has 1 atom stereocenters. The second-order valence-corrected chi connectivity index (χ2v) is 3.88. The van der Waals surface area contributed by atoms with Gasteiger partial charge < -0.3 is 10.1 Å². The fraction of sp³-hybridized carbons (Fsp3) is 0.417. The summed E-state index contributed by atoms with van der Waals surface area (Å²) in [6.45, 7) is 0.762. The van der Waals surface area contributed by atoms with Crippen molar-refractivity contribution in [2.75, 3.05) is 13.7 Å². The van der Waals surface area contributed by atoms with E-state index in [1.807, 2.05) is 0 Å². The Morgan fingerprint density at radius 2 is 2.44 bits per heavy atom. The zero-order chi connectivity index (χ0) is 11.5. The van der Waals surface area contributed by atoms with E-state index in [1.54, 1.807) is 12.1 Å². The number of ether oxygens (including phenoxy) is 1. The van der Waals surface area contributed by atoms with E-state index in [-0.39, 0.29) is 24.2 Å². The molecule has 2 rings (SSSR count). The van der Waals surface area contributed by atoms with Crippen molar-refractivity contribution in [2.45, 2.75) is 18.9 Å². The number of carbonyl (C=O) groups is 1. The number of rotatable bonds is 2. The Labute approximate surface area is 93.6 Å². The Bertz CT molecular complexity index is 406. The van der Waals surface area contributed by atoms with Crippen LogP contribution >= 0.6 is 0 Å². The van der Waals surface area contributed by atoms with Crippen molar-refractivity contribution >= 4 is 5.97 Å². The number of esters is 1. The van der Waals surface area contributed by atoms with Crippen LogP contribution in [0.15, 0.2) is 18.2 Å². The number of hydrogen-bond donors (Lipinski definition) is 1. The zero-order valence-corrected chi connectivity index (χ0v) is 9.13. The van der Waals surface area contributed by atoms with Crippen LogP contribution in [0.25, 0.3) is 0 Å². The lowest BCUT2D eigenvalue weighted by Gasteiger charge is -2.26. The summed E-state index contributed by atoms with van der Waals surface area (Å²) in [4.78, 5) is 11.2. The third kappa shape index (κ3) is 2.22. The maximum absolute atomic E-state index is 13.0. The van der Waals surface area contributed by atoms with Crippen molar-refractivity contribution in [1.29, 1.82) is 0 Å². The van der Waals surface area contributed by atoms with Gasteiger partial charge in [0.2, 0.25) is 0 Å². The SMILES string of the molecule is COC(=O)CC1NCCc2cc(F)ccc21. The van der Waals surface area contributed by atoms with Gasteiger partial charge in [0.15, 0.2) is 0 Å². The van der Waals surface area contributed by atoms with Crippen molar-refractivity contribution in [1.82, 2.24) is 5.32 Å². The predicted octanol–water partition coefficient (Wildman–Crippen LogP) is 1.58. The summed E-state index contributed by atoms with van der Waals surface area (Å²) in [6.07, 6.45) is 1.08. The van der Waals surface area contributed by atoms with Crippen LogP contribution in [-0.4, -0.2) is 19.6 Å². The van der Waals surface area contributed by atoms with Crippen LogP contribution in [0.2, 0.25) is 0 Å². The van der Waals surface area contributed by atoms with E-state index in [9.17, 15) is 9.18 Å². The molecule has 4 heteroatoms. The van der Waals surface area contributed by atoms with Crippen LogP contribution in [0.3, 0.4) is 0 Å². The molecule has 0 aromatic heterocycles. The van der Waals surface area contributed by atoms with Gasteiger partial charge in [-0.3, -0.25) is 4.79 Å². The Balaban J connectivity index is 2.23. The average Bonchev–Trinajstić information content (AvgIpc) is 2.28. The number of benzene rings is 1. The summed E-state index contributed by atoms with van der Waals surface area (Å²) in [5, 5.41) is 3.24. The molecule has 1 heterocycles. The van der Waals surface area contributed by atoms with Gasteiger partial charge in [-0.15, -0.1) is 0 Å². The van der Waals surface area contributed by atoms with Crippen molar-refractivity contribution in [3.05, 3.63) is 35.1 Å². The van der Waals surface area contributed by atoms with Gasteiger partial charge in [-0.1, -0.05) is 6.07 Å². The number of fused-ring (bicyclic) bond motifs is 1. The van der Waals surface area contributed by atoms with Gasteiger partial charge in [0, 0.05) is 6.04 Å². The number of methoxy groups -OCH3 is 1. The number of nitrogens with one attached hydrogen (secondary N) is 1. The Morgan fingerprint density at radius 3 is 3.19 bits per heavy atom.